The Bertz CT molecular complexity index is 2920. The van der Waals surface area contributed by atoms with Gasteiger partial charge in [-0.3, -0.25) is 0 Å². The highest BCUT2D eigenvalue weighted by Crippen LogP contribution is 2.50. The van der Waals surface area contributed by atoms with Crippen LogP contribution < -0.4 is 0 Å². The van der Waals surface area contributed by atoms with Crippen molar-refractivity contribution in [3.63, 3.8) is 0 Å². The van der Waals surface area contributed by atoms with Gasteiger partial charge in [-0.2, -0.15) is 0 Å². The molecule has 3 aromatic heterocycles. The second-order valence-corrected chi connectivity index (χ2v) is 17.8. The summed E-state index contributed by atoms with van der Waals surface area (Å²) < 4.78 is 11.6. The molecule has 0 aliphatic rings. The first-order chi connectivity index (χ1) is 24.0. The predicted molar refractivity (Wildman–Crippen MR) is 211 cm³/mol. The van der Waals surface area contributed by atoms with Gasteiger partial charge in [0.25, 0.3) is 0 Å². The number of benzene rings is 7. The molecule has 7 aromatic carbocycles. The van der Waals surface area contributed by atoms with Gasteiger partial charge < -0.3 is 13.6 Å². The van der Waals surface area contributed by atoms with Crippen molar-refractivity contribution in [2.75, 3.05) is 18.8 Å². The molecular formula is C45H34N2OS. The molecule has 10 rings (SSSR count). The Hall–Kier alpha value is -5.71. The third-order valence-corrected chi connectivity index (χ3v) is 11.7. The molecule has 10 aromatic rings. The minimum Gasteiger partial charge on any atom is -0.453 e. The van der Waals surface area contributed by atoms with E-state index in [0.29, 0.717) is 0 Å². The second-order valence-electron chi connectivity index (χ2n) is 13.7. The standard InChI is InChI=1S/C45H34N2OS/c1-49(2,3)43-22-12-18-35-34-17-11-21-42(44(34)48-45(35)43)47-39-20-10-8-16-33(39)37-28-30(24-26-41(37)47)29-23-25-40-36(27-29)32-15-7-9-19-38(32)46(40)31-13-5-4-6-14-31/h4-28H,1-3H3. The lowest BCUT2D eigenvalue weighted by Gasteiger charge is -2.25. The van der Waals surface area contributed by atoms with Crippen LogP contribution in [-0.4, -0.2) is 27.9 Å². The van der Waals surface area contributed by atoms with Crippen LogP contribution in [-0.2, 0) is 0 Å². The number of nitrogens with zero attached hydrogens (tertiary/aromatic N) is 2. The minimum absolute atomic E-state index is 0.931. The zero-order valence-electron chi connectivity index (χ0n) is 27.6. The van der Waals surface area contributed by atoms with Crippen LogP contribution in [0.4, 0.5) is 0 Å². The maximum absolute atomic E-state index is 6.86. The summed E-state index contributed by atoms with van der Waals surface area (Å²) in [7, 11) is -0.985. The maximum atomic E-state index is 6.86. The van der Waals surface area contributed by atoms with E-state index in [4.69, 9.17) is 4.42 Å². The Labute approximate surface area is 285 Å². The molecule has 0 aliphatic carbocycles. The van der Waals surface area contributed by atoms with Crippen LogP contribution >= 0.6 is 10.0 Å². The molecule has 3 heterocycles. The van der Waals surface area contributed by atoms with Gasteiger partial charge in [0.1, 0.15) is 5.58 Å². The Balaban J connectivity index is 1.19. The first-order valence-electron chi connectivity index (χ1n) is 16.7. The first kappa shape index (κ1) is 28.3. The summed E-state index contributed by atoms with van der Waals surface area (Å²) >= 11 is 0. The molecule has 0 atom stereocenters. The van der Waals surface area contributed by atoms with E-state index in [1.165, 1.54) is 70.7 Å². The van der Waals surface area contributed by atoms with E-state index in [1.54, 1.807) is 0 Å². The number of aromatic nitrogens is 2. The minimum atomic E-state index is -0.985. The third kappa shape index (κ3) is 4.17. The summed E-state index contributed by atoms with van der Waals surface area (Å²) in [5.74, 6) is 0. The molecule has 0 saturated heterocycles. The number of hydrogen-bond acceptors (Lipinski definition) is 1. The summed E-state index contributed by atoms with van der Waals surface area (Å²) in [6.07, 6.45) is 7.00. The zero-order valence-corrected chi connectivity index (χ0v) is 28.5. The third-order valence-electron chi connectivity index (χ3n) is 10.1. The fourth-order valence-corrected chi connectivity index (χ4v) is 9.05. The number of hydrogen-bond donors (Lipinski definition) is 0. The van der Waals surface area contributed by atoms with Crippen molar-refractivity contribution in [3.8, 4) is 22.5 Å². The fourth-order valence-electron chi connectivity index (χ4n) is 7.86. The first-order valence-corrected chi connectivity index (χ1v) is 19.6. The lowest BCUT2D eigenvalue weighted by Crippen LogP contribution is -1.94. The normalized spacial score (nSPS) is 12.7. The largest absolute Gasteiger partial charge is 0.453 e. The zero-order chi connectivity index (χ0) is 32.9. The van der Waals surface area contributed by atoms with E-state index >= 15 is 0 Å². The molecule has 0 saturated carbocycles. The van der Waals surface area contributed by atoms with E-state index in [1.807, 2.05) is 0 Å². The Kier molecular flexibility index (Phi) is 6.01. The van der Waals surface area contributed by atoms with Crippen LogP contribution in [0.5, 0.6) is 0 Å². The Morgan fingerprint density at radius 3 is 1.57 bits per heavy atom. The van der Waals surface area contributed by atoms with Gasteiger partial charge in [-0.25, -0.2) is 10.0 Å². The van der Waals surface area contributed by atoms with Gasteiger partial charge in [0.15, 0.2) is 5.58 Å². The van der Waals surface area contributed by atoms with E-state index in [9.17, 15) is 0 Å². The van der Waals surface area contributed by atoms with Gasteiger partial charge in [0.05, 0.1) is 27.8 Å². The van der Waals surface area contributed by atoms with Gasteiger partial charge in [0.2, 0.25) is 0 Å². The monoisotopic (exact) mass is 650 g/mol. The summed E-state index contributed by atoms with van der Waals surface area (Å²) in [5, 5.41) is 7.32. The molecule has 0 unspecified atom stereocenters. The van der Waals surface area contributed by atoms with Gasteiger partial charge >= 0.3 is 0 Å². The highest BCUT2D eigenvalue weighted by molar-refractivity contribution is 8.32. The van der Waals surface area contributed by atoms with Crippen molar-refractivity contribution in [1.29, 1.82) is 0 Å². The highest BCUT2D eigenvalue weighted by atomic mass is 32.3. The average molecular weight is 651 g/mol. The van der Waals surface area contributed by atoms with E-state index in [2.05, 4.69) is 180 Å². The smallest absolute Gasteiger partial charge is 0.159 e. The lowest BCUT2D eigenvalue weighted by molar-refractivity contribution is 0.657. The molecule has 236 valence electrons. The SMILES string of the molecule is CS(C)(C)c1cccc2c1oc1c(-n3c4ccccc4c4cc(-c5ccc6c(c5)c5ccccc5n6-c5ccccc5)ccc43)cccc12. The van der Waals surface area contributed by atoms with Crippen LogP contribution in [0, 0.1) is 0 Å². The summed E-state index contributed by atoms with van der Waals surface area (Å²) in [4.78, 5) is 1.31. The van der Waals surface area contributed by atoms with Gasteiger partial charge in [-0.15, -0.1) is 0 Å². The molecular weight excluding hydrogens is 617 g/mol. The quantitative estimate of drug-likeness (QED) is 0.186. The van der Waals surface area contributed by atoms with Crippen molar-refractivity contribution in [2.45, 2.75) is 4.90 Å². The molecule has 3 nitrogen and oxygen atoms in total. The topological polar surface area (TPSA) is 23.0 Å². The second kappa shape index (κ2) is 10.4. The van der Waals surface area contributed by atoms with Gasteiger partial charge in [0, 0.05) is 42.9 Å². The summed E-state index contributed by atoms with van der Waals surface area (Å²) in [6, 6.07) is 55.1. The van der Waals surface area contributed by atoms with E-state index < -0.39 is 10.0 Å². The summed E-state index contributed by atoms with van der Waals surface area (Å²) in [5.41, 5.74) is 11.4. The molecule has 0 radical (unpaired) electrons. The van der Waals surface area contributed by atoms with E-state index in [0.717, 1.165) is 22.2 Å². The lowest BCUT2D eigenvalue weighted by atomic mass is 10.0. The number of rotatable bonds is 4. The van der Waals surface area contributed by atoms with Crippen molar-refractivity contribution >= 4 is 75.6 Å². The van der Waals surface area contributed by atoms with Crippen LogP contribution in [0.1, 0.15) is 0 Å². The molecule has 0 N–H and O–H groups in total. The molecule has 0 spiro atoms. The van der Waals surface area contributed by atoms with Crippen LogP contribution in [0.3, 0.4) is 0 Å². The van der Waals surface area contributed by atoms with Crippen molar-refractivity contribution in [3.05, 3.63) is 152 Å². The molecule has 0 bridgehead atoms. The van der Waals surface area contributed by atoms with Gasteiger partial charge in [-0.1, -0.05) is 91.0 Å². The fraction of sp³-hybridized carbons (Fsp3) is 0.0667. The summed E-state index contributed by atoms with van der Waals surface area (Å²) in [6.45, 7) is 0. The van der Waals surface area contributed by atoms with Crippen LogP contribution in [0.2, 0.25) is 0 Å². The predicted octanol–water partition coefficient (Wildman–Crippen LogP) is 12.5. The van der Waals surface area contributed by atoms with Crippen molar-refractivity contribution in [2.24, 2.45) is 0 Å². The number of fused-ring (bicyclic) bond motifs is 9. The molecule has 0 fully saturated rings. The highest BCUT2D eigenvalue weighted by Gasteiger charge is 2.21. The van der Waals surface area contributed by atoms with Crippen LogP contribution in [0.15, 0.2) is 161 Å². The average Bonchev–Trinajstić information content (AvgIpc) is 3.79. The Morgan fingerprint density at radius 2 is 0.918 bits per heavy atom. The van der Waals surface area contributed by atoms with Crippen molar-refractivity contribution in [1.82, 2.24) is 9.13 Å². The van der Waals surface area contributed by atoms with E-state index in [-0.39, 0.29) is 0 Å². The molecule has 0 amide bonds. The molecule has 4 heteroatoms. The number of para-hydroxylation sites is 5. The molecule has 49 heavy (non-hydrogen) atoms. The van der Waals surface area contributed by atoms with Crippen molar-refractivity contribution < 1.29 is 4.42 Å². The maximum Gasteiger partial charge on any atom is 0.159 e. The molecule has 0 aliphatic heterocycles. The number of furan rings is 1. The van der Waals surface area contributed by atoms with Gasteiger partial charge in [-0.05, 0) is 90.6 Å². The Morgan fingerprint density at radius 1 is 0.408 bits per heavy atom. The van der Waals surface area contributed by atoms with Crippen LogP contribution in [0.25, 0.3) is 88.1 Å².